The van der Waals surface area contributed by atoms with E-state index in [-0.39, 0.29) is 5.91 Å². The van der Waals surface area contributed by atoms with Crippen molar-refractivity contribution in [3.05, 3.63) is 23.0 Å². The molecule has 1 unspecified atom stereocenters. The van der Waals surface area contributed by atoms with Gasteiger partial charge >= 0.3 is 6.03 Å². The molecule has 0 aliphatic carbocycles. The second kappa shape index (κ2) is 6.13. The van der Waals surface area contributed by atoms with Gasteiger partial charge in [0.15, 0.2) is 0 Å². The molecule has 0 bridgehead atoms. The zero-order valence-electron chi connectivity index (χ0n) is 11.6. The summed E-state index contributed by atoms with van der Waals surface area (Å²) in [5.41, 5.74) is 2.95. The largest absolute Gasteiger partial charge is 0.496 e. The van der Waals surface area contributed by atoms with Crippen LogP contribution in [-0.2, 0) is 10.5 Å². The van der Waals surface area contributed by atoms with Gasteiger partial charge in [-0.25, -0.2) is 4.79 Å². The van der Waals surface area contributed by atoms with Crippen LogP contribution in [0.15, 0.2) is 6.20 Å². The number of thioether (sulfide) groups is 1. The van der Waals surface area contributed by atoms with Gasteiger partial charge in [0.2, 0.25) is 0 Å². The highest BCUT2D eigenvalue weighted by molar-refractivity contribution is 7.98. The fourth-order valence-electron chi connectivity index (χ4n) is 2.07. The number of urea groups is 1. The van der Waals surface area contributed by atoms with Crippen molar-refractivity contribution in [1.29, 1.82) is 0 Å². The van der Waals surface area contributed by atoms with Gasteiger partial charge in [0.25, 0.3) is 5.91 Å². The lowest BCUT2D eigenvalue weighted by Crippen LogP contribution is -2.31. The maximum atomic E-state index is 11.4. The van der Waals surface area contributed by atoms with Crippen molar-refractivity contribution >= 4 is 23.7 Å². The minimum atomic E-state index is -0.458. The molecule has 1 aliphatic heterocycles. The zero-order valence-corrected chi connectivity index (χ0v) is 12.5. The summed E-state index contributed by atoms with van der Waals surface area (Å²) in [5, 5.41) is 4.79. The number of hydrogen-bond acceptors (Lipinski definition) is 5. The van der Waals surface area contributed by atoms with Crippen molar-refractivity contribution in [1.82, 2.24) is 15.6 Å². The van der Waals surface area contributed by atoms with Crippen LogP contribution in [0.2, 0.25) is 0 Å². The fourth-order valence-corrected chi connectivity index (χ4v) is 3.14. The molecule has 0 radical (unpaired) electrons. The molecule has 1 aromatic rings. The molecule has 1 aliphatic rings. The molecule has 2 rings (SSSR count). The van der Waals surface area contributed by atoms with Crippen molar-refractivity contribution in [3.8, 4) is 5.75 Å². The van der Waals surface area contributed by atoms with Gasteiger partial charge in [0.1, 0.15) is 11.8 Å². The van der Waals surface area contributed by atoms with E-state index in [0.717, 1.165) is 22.6 Å². The molecule has 0 spiro atoms. The minimum absolute atomic E-state index is 0.270. The number of rotatable bonds is 5. The van der Waals surface area contributed by atoms with E-state index >= 15 is 0 Å². The maximum absolute atomic E-state index is 11.4. The SMILES string of the molecule is COc1c(C)cnc(CSCC2NC(=O)NC2=O)c1C. The molecule has 0 aromatic carbocycles. The van der Waals surface area contributed by atoms with Crippen LogP contribution in [0.1, 0.15) is 16.8 Å². The van der Waals surface area contributed by atoms with Gasteiger partial charge in [0, 0.05) is 28.8 Å². The van der Waals surface area contributed by atoms with Crippen LogP contribution in [0.5, 0.6) is 5.75 Å². The quantitative estimate of drug-likeness (QED) is 0.797. The molecule has 1 atom stereocenters. The Bertz CT molecular complexity index is 548. The first-order valence-corrected chi connectivity index (χ1v) is 7.36. The van der Waals surface area contributed by atoms with E-state index in [0.29, 0.717) is 11.5 Å². The second-order valence-corrected chi connectivity index (χ2v) is 5.61. The molecule has 2 heterocycles. The third-order valence-electron chi connectivity index (χ3n) is 3.13. The van der Waals surface area contributed by atoms with E-state index in [1.165, 1.54) is 0 Å². The summed E-state index contributed by atoms with van der Waals surface area (Å²) in [7, 11) is 1.64. The number of pyridine rings is 1. The molecule has 3 amide bonds. The Morgan fingerprint density at radius 1 is 1.40 bits per heavy atom. The number of imide groups is 1. The van der Waals surface area contributed by atoms with Crippen LogP contribution < -0.4 is 15.4 Å². The zero-order chi connectivity index (χ0) is 14.7. The number of nitrogens with zero attached hydrogens (tertiary/aromatic N) is 1. The molecular weight excluding hydrogens is 278 g/mol. The predicted molar refractivity (Wildman–Crippen MR) is 76.9 cm³/mol. The van der Waals surface area contributed by atoms with Crippen LogP contribution in [0, 0.1) is 13.8 Å². The summed E-state index contributed by atoms with van der Waals surface area (Å²) in [6.07, 6.45) is 1.78. The Morgan fingerprint density at radius 3 is 2.75 bits per heavy atom. The van der Waals surface area contributed by atoms with E-state index in [1.54, 1.807) is 25.1 Å². The molecule has 2 N–H and O–H groups in total. The first-order valence-electron chi connectivity index (χ1n) is 6.21. The number of aryl methyl sites for hydroxylation is 1. The van der Waals surface area contributed by atoms with Gasteiger partial charge in [-0.2, -0.15) is 11.8 Å². The fraction of sp³-hybridized carbons (Fsp3) is 0.462. The van der Waals surface area contributed by atoms with Gasteiger partial charge in [-0.15, -0.1) is 0 Å². The normalized spacial score (nSPS) is 17.9. The summed E-state index contributed by atoms with van der Waals surface area (Å²) < 4.78 is 5.36. The molecular formula is C13H17N3O3S. The lowest BCUT2D eigenvalue weighted by Gasteiger charge is -2.12. The molecule has 6 nitrogen and oxygen atoms in total. The maximum Gasteiger partial charge on any atom is 0.322 e. The Morgan fingerprint density at radius 2 is 2.15 bits per heavy atom. The topological polar surface area (TPSA) is 80.3 Å². The predicted octanol–water partition coefficient (Wildman–Crippen LogP) is 1.15. The van der Waals surface area contributed by atoms with Gasteiger partial charge in [-0.3, -0.25) is 15.1 Å². The molecule has 1 fully saturated rings. The number of methoxy groups -OCH3 is 1. The lowest BCUT2D eigenvalue weighted by molar-refractivity contribution is -0.119. The van der Waals surface area contributed by atoms with Crippen molar-refractivity contribution < 1.29 is 14.3 Å². The van der Waals surface area contributed by atoms with Gasteiger partial charge in [0.05, 0.1) is 12.8 Å². The highest BCUT2D eigenvalue weighted by Crippen LogP contribution is 2.26. The lowest BCUT2D eigenvalue weighted by atomic mass is 10.1. The number of ether oxygens (including phenoxy) is 1. The Labute approximate surface area is 121 Å². The van der Waals surface area contributed by atoms with Gasteiger partial charge < -0.3 is 10.1 Å². The number of nitrogens with one attached hydrogen (secondary N) is 2. The van der Waals surface area contributed by atoms with Crippen LogP contribution >= 0.6 is 11.8 Å². The highest BCUT2D eigenvalue weighted by atomic mass is 32.2. The van der Waals surface area contributed by atoms with Gasteiger partial charge in [-0.1, -0.05) is 0 Å². The summed E-state index contributed by atoms with van der Waals surface area (Å²) in [6.45, 7) is 3.92. The van der Waals surface area contributed by atoms with E-state index in [1.807, 2.05) is 13.8 Å². The number of hydrogen-bond donors (Lipinski definition) is 2. The summed E-state index contributed by atoms with van der Waals surface area (Å²) in [6, 6.07) is -0.882. The smallest absolute Gasteiger partial charge is 0.322 e. The average molecular weight is 295 g/mol. The van der Waals surface area contributed by atoms with E-state index in [2.05, 4.69) is 15.6 Å². The Hall–Kier alpha value is -1.76. The van der Waals surface area contributed by atoms with Crippen LogP contribution in [0.3, 0.4) is 0 Å². The molecule has 20 heavy (non-hydrogen) atoms. The van der Waals surface area contributed by atoms with Crippen molar-refractivity contribution in [2.24, 2.45) is 0 Å². The van der Waals surface area contributed by atoms with Crippen LogP contribution in [0.25, 0.3) is 0 Å². The summed E-state index contributed by atoms with van der Waals surface area (Å²) in [4.78, 5) is 26.8. The molecule has 1 saturated heterocycles. The Balaban J connectivity index is 1.95. The van der Waals surface area contributed by atoms with Crippen molar-refractivity contribution in [3.63, 3.8) is 0 Å². The Kier molecular flexibility index (Phi) is 4.49. The molecule has 7 heteroatoms. The van der Waals surface area contributed by atoms with Crippen LogP contribution in [0.4, 0.5) is 4.79 Å². The third kappa shape index (κ3) is 3.04. The summed E-state index contributed by atoms with van der Waals surface area (Å²) >= 11 is 1.56. The molecule has 1 aromatic heterocycles. The van der Waals surface area contributed by atoms with E-state index in [9.17, 15) is 9.59 Å². The molecule has 108 valence electrons. The standard InChI is InChI=1S/C13H17N3O3S/c1-7-4-14-9(8(2)11(7)19-3)5-20-6-10-12(17)16-13(18)15-10/h4,10H,5-6H2,1-3H3,(H2,15,16,17,18). The molecule has 0 saturated carbocycles. The number of amides is 3. The van der Waals surface area contributed by atoms with Crippen LogP contribution in [-0.4, -0.2) is 35.8 Å². The van der Waals surface area contributed by atoms with Gasteiger partial charge in [-0.05, 0) is 13.8 Å². The first kappa shape index (κ1) is 14.6. The highest BCUT2D eigenvalue weighted by Gasteiger charge is 2.29. The monoisotopic (exact) mass is 295 g/mol. The number of carbonyl (C=O) groups is 2. The second-order valence-electron chi connectivity index (χ2n) is 4.58. The number of carbonyl (C=O) groups excluding carboxylic acids is 2. The minimum Gasteiger partial charge on any atom is -0.496 e. The van der Waals surface area contributed by atoms with E-state index < -0.39 is 12.1 Å². The average Bonchev–Trinajstić information content (AvgIpc) is 2.71. The first-order chi connectivity index (χ1) is 9.52. The van der Waals surface area contributed by atoms with Crippen molar-refractivity contribution in [2.45, 2.75) is 25.6 Å². The van der Waals surface area contributed by atoms with E-state index in [4.69, 9.17) is 4.74 Å². The number of aromatic nitrogens is 1. The third-order valence-corrected chi connectivity index (χ3v) is 4.18. The summed E-state index contributed by atoms with van der Waals surface area (Å²) in [5.74, 6) is 1.77. The van der Waals surface area contributed by atoms with Crippen molar-refractivity contribution in [2.75, 3.05) is 12.9 Å².